The van der Waals surface area contributed by atoms with Gasteiger partial charge in [-0.25, -0.2) is 0 Å². The molecule has 1 unspecified atom stereocenters. The largest absolute Gasteiger partial charge is 0.496 e. The minimum atomic E-state index is 0.404. The molecule has 1 aromatic rings. The number of methoxy groups -OCH3 is 1. The highest BCUT2D eigenvalue weighted by Gasteiger charge is 2.09. The monoisotopic (exact) mass is 267 g/mol. The Bertz CT molecular complexity index is 354. The Hall–Kier alpha value is -0.670. The van der Waals surface area contributed by atoms with Gasteiger partial charge in [-0.2, -0.15) is 11.8 Å². The number of ether oxygens (including phenoxy) is 1. The second kappa shape index (κ2) is 8.44. The van der Waals surface area contributed by atoms with Crippen LogP contribution in [0.5, 0.6) is 5.75 Å². The van der Waals surface area contributed by atoms with Gasteiger partial charge in [-0.1, -0.05) is 19.9 Å². The predicted molar refractivity (Wildman–Crippen MR) is 81.5 cm³/mol. The van der Waals surface area contributed by atoms with Gasteiger partial charge in [-0.3, -0.25) is 0 Å². The highest BCUT2D eigenvalue weighted by molar-refractivity contribution is 7.98. The second-order valence-corrected chi connectivity index (χ2v) is 5.66. The van der Waals surface area contributed by atoms with Crippen LogP contribution in [-0.2, 0) is 5.75 Å². The van der Waals surface area contributed by atoms with E-state index in [1.54, 1.807) is 7.11 Å². The van der Waals surface area contributed by atoms with E-state index in [-0.39, 0.29) is 0 Å². The molecule has 1 aromatic carbocycles. The van der Waals surface area contributed by atoms with E-state index in [0.29, 0.717) is 6.04 Å². The first kappa shape index (κ1) is 15.4. The Balaban J connectivity index is 2.80. The third-order valence-corrected chi connectivity index (χ3v) is 3.89. The Morgan fingerprint density at radius 1 is 1.33 bits per heavy atom. The van der Waals surface area contributed by atoms with Crippen LogP contribution < -0.4 is 10.1 Å². The molecule has 0 radical (unpaired) electrons. The van der Waals surface area contributed by atoms with E-state index >= 15 is 0 Å². The van der Waals surface area contributed by atoms with Crippen molar-refractivity contribution in [2.24, 2.45) is 0 Å². The fourth-order valence-corrected chi connectivity index (χ4v) is 2.52. The van der Waals surface area contributed by atoms with Crippen LogP contribution in [0.15, 0.2) is 18.2 Å². The van der Waals surface area contributed by atoms with Gasteiger partial charge in [0, 0.05) is 17.4 Å². The van der Waals surface area contributed by atoms with Crippen LogP contribution in [0, 0.1) is 0 Å². The molecule has 0 heterocycles. The van der Waals surface area contributed by atoms with Gasteiger partial charge >= 0.3 is 0 Å². The topological polar surface area (TPSA) is 21.3 Å². The van der Waals surface area contributed by atoms with Crippen molar-refractivity contribution in [3.8, 4) is 5.75 Å². The molecule has 0 fully saturated rings. The zero-order valence-corrected chi connectivity index (χ0v) is 12.8. The average Bonchev–Trinajstić information content (AvgIpc) is 2.42. The van der Waals surface area contributed by atoms with Crippen LogP contribution in [0.2, 0.25) is 0 Å². The van der Waals surface area contributed by atoms with Crippen LogP contribution in [0.4, 0.5) is 0 Å². The molecule has 1 atom stereocenters. The molecule has 0 aromatic heterocycles. The summed E-state index contributed by atoms with van der Waals surface area (Å²) in [4.78, 5) is 0. The first-order chi connectivity index (χ1) is 8.72. The first-order valence-electron chi connectivity index (χ1n) is 6.70. The van der Waals surface area contributed by atoms with Gasteiger partial charge in [0.05, 0.1) is 7.11 Å². The third-order valence-electron chi connectivity index (χ3n) is 2.97. The standard InChI is InChI=1S/C15H25NOS/c1-5-9-16-12(3)13-7-8-15(17-4)14(10-13)11-18-6-2/h7-8,10,12,16H,5-6,9,11H2,1-4H3. The van der Waals surface area contributed by atoms with Crippen molar-refractivity contribution in [3.63, 3.8) is 0 Å². The zero-order chi connectivity index (χ0) is 13.4. The van der Waals surface area contributed by atoms with Crippen LogP contribution >= 0.6 is 11.8 Å². The summed E-state index contributed by atoms with van der Waals surface area (Å²) in [5.74, 6) is 3.16. The molecule has 2 nitrogen and oxygen atoms in total. The van der Waals surface area contributed by atoms with Crippen molar-refractivity contribution in [2.75, 3.05) is 19.4 Å². The predicted octanol–water partition coefficient (Wildman–Crippen LogP) is 4.01. The molecule has 0 amide bonds. The van der Waals surface area contributed by atoms with E-state index in [2.05, 4.69) is 44.3 Å². The van der Waals surface area contributed by atoms with Crippen molar-refractivity contribution in [1.82, 2.24) is 5.32 Å². The maximum Gasteiger partial charge on any atom is 0.122 e. The second-order valence-electron chi connectivity index (χ2n) is 4.38. The summed E-state index contributed by atoms with van der Waals surface area (Å²) in [7, 11) is 1.74. The fraction of sp³-hybridized carbons (Fsp3) is 0.600. The van der Waals surface area contributed by atoms with Crippen LogP contribution in [-0.4, -0.2) is 19.4 Å². The minimum Gasteiger partial charge on any atom is -0.496 e. The lowest BCUT2D eigenvalue weighted by molar-refractivity contribution is 0.411. The van der Waals surface area contributed by atoms with Crippen molar-refractivity contribution in [3.05, 3.63) is 29.3 Å². The van der Waals surface area contributed by atoms with E-state index in [1.165, 1.54) is 17.5 Å². The van der Waals surface area contributed by atoms with E-state index in [1.807, 2.05) is 11.8 Å². The highest BCUT2D eigenvalue weighted by Crippen LogP contribution is 2.26. The number of hydrogen-bond acceptors (Lipinski definition) is 3. The number of nitrogens with one attached hydrogen (secondary N) is 1. The number of benzene rings is 1. The number of rotatable bonds is 8. The quantitative estimate of drug-likeness (QED) is 0.769. The molecular formula is C15H25NOS. The Morgan fingerprint density at radius 3 is 2.72 bits per heavy atom. The van der Waals surface area contributed by atoms with E-state index in [9.17, 15) is 0 Å². The SMILES string of the molecule is CCCNC(C)c1ccc(OC)c(CSCC)c1. The van der Waals surface area contributed by atoms with E-state index < -0.39 is 0 Å². The van der Waals surface area contributed by atoms with Crippen molar-refractivity contribution >= 4 is 11.8 Å². The molecule has 0 spiro atoms. The molecule has 0 aliphatic carbocycles. The molecule has 1 rings (SSSR count). The molecule has 18 heavy (non-hydrogen) atoms. The van der Waals surface area contributed by atoms with Gasteiger partial charge in [-0.15, -0.1) is 0 Å². The van der Waals surface area contributed by atoms with Gasteiger partial charge < -0.3 is 10.1 Å². The van der Waals surface area contributed by atoms with Gasteiger partial charge in [0.2, 0.25) is 0 Å². The Morgan fingerprint density at radius 2 is 2.11 bits per heavy atom. The van der Waals surface area contributed by atoms with E-state index in [0.717, 1.165) is 23.8 Å². The Kier molecular flexibility index (Phi) is 7.21. The summed E-state index contributed by atoms with van der Waals surface area (Å²) >= 11 is 1.93. The summed E-state index contributed by atoms with van der Waals surface area (Å²) in [5, 5.41) is 3.52. The summed E-state index contributed by atoms with van der Waals surface area (Å²) in [6.07, 6.45) is 1.17. The first-order valence-corrected chi connectivity index (χ1v) is 7.86. The summed E-state index contributed by atoms with van der Waals surface area (Å²) < 4.78 is 5.42. The van der Waals surface area contributed by atoms with Crippen LogP contribution in [0.3, 0.4) is 0 Å². The minimum absolute atomic E-state index is 0.404. The smallest absolute Gasteiger partial charge is 0.122 e. The molecule has 0 aliphatic heterocycles. The molecule has 0 saturated carbocycles. The van der Waals surface area contributed by atoms with Crippen molar-refractivity contribution in [1.29, 1.82) is 0 Å². The number of hydrogen-bond donors (Lipinski definition) is 1. The van der Waals surface area contributed by atoms with Crippen molar-refractivity contribution < 1.29 is 4.74 Å². The van der Waals surface area contributed by atoms with E-state index in [4.69, 9.17) is 4.74 Å². The lowest BCUT2D eigenvalue weighted by Gasteiger charge is -2.16. The van der Waals surface area contributed by atoms with Crippen LogP contribution in [0.1, 0.15) is 44.4 Å². The van der Waals surface area contributed by atoms with Gasteiger partial charge in [0.25, 0.3) is 0 Å². The van der Waals surface area contributed by atoms with Crippen molar-refractivity contribution in [2.45, 2.75) is 39.0 Å². The fourth-order valence-electron chi connectivity index (χ4n) is 1.87. The summed E-state index contributed by atoms with van der Waals surface area (Å²) in [6, 6.07) is 6.92. The lowest BCUT2D eigenvalue weighted by atomic mass is 10.0. The molecule has 0 aliphatic rings. The maximum absolute atomic E-state index is 5.42. The third kappa shape index (κ3) is 4.54. The molecule has 1 N–H and O–H groups in total. The molecular weight excluding hydrogens is 242 g/mol. The molecule has 3 heteroatoms. The van der Waals surface area contributed by atoms with Gasteiger partial charge in [-0.05, 0) is 43.3 Å². The average molecular weight is 267 g/mol. The normalized spacial score (nSPS) is 12.4. The maximum atomic E-state index is 5.42. The summed E-state index contributed by atoms with van der Waals surface area (Å²) in [5.41, 5.74) is 2.64. The molecule has 0 saturated heterocycles. The summed E-state index contributed by atoms with van der Waals surface area (Å²) in [6.45, 7) is 7.66. The van der Waals surface area contributed by atoms with Gasteiger partial charge in [0.15, 0.2) is 0 Å². The zero-order valence-electron chi connectivity index (χ0n) is 12.0. The van der Waals surface area contributed by atoms with Gasteiger partial charge in [0.1, 0.15) is 5.75 Å². The highest BCUT2D eigenvalue weighted by atomic mass is 32.2. The molecule has 102 valence electrons. The number of thioether (sulfide) groups is 1. The Labute approximate surface area is 116 Å². The lowest BCUT2D eigenvalue weighted by Crippen LogP contribution is -2.19. The molecule has 0 bridgehead atoms. The van der Waals surface area contributed by atoms with Crippen LogP contribution in [0.25, 0.3) is 0 Å².